The van der Waals surface area contributed by atoms with Crippen LogP contribution in [-0.2, 0) is 0 Å². The first kappa shape index (κ1) is 11.9. The highest BCUT2D eigenvalue weighted by atomic mass is 16.5. The van der Waals surface area contributed by atoms with Crippen molar-refractivity contribution >= 4 is 10.8 Å². The molecule has 3 heteroatoms. The Morgan fingerprint density at radius 3 is 2.29 bits per heavy atom. The topological polar surface area (TPSA) is 49.7 Å². The summed E-state index contributed by atoms with van der Waals surface area (Å²) in [7, 11) is 1.63. The molecule has 2 rings (SSSR count). The lowest BCUT2D eigenvalue weighted by atomic mass is 10.0. The van der Waals surface area contributed by atoms with Crippen LogP contribution in [0.4, 0.5) is 0 Å². The number of hydrogen-bond acceptors (Lipinski definition) is 3. The molecular formula is C14H16O3. The molecule has 0 amide bonds. The minimum atomic E-state index is -0.846. The van der Waals surface area contributed by atoms with Gasteiger partial charge in [0, 0.05) is 0 Å². The number of rotatable bonds is 3. The number of aliphatic hydroxyl groups is 2. The van der Waals surface area contributed by atoms with Crippen LogP contribution in [-0.4, -0.2) is 23.4 Å². The van der Waals surface area contributed by atoms with Gasteiger partial charge in [0.15, 0.2) is 0 Å². The molecule has 2 aromatic rings. The molecule has 0 aromatic heterocycles. The van der Waals surface area contributed by atoms with Crippen molar-refractivity contribution in [3.05, 3.63) is 42.0 Å². The van der Waals surface area contributed by atoms with Crippen LogP contribution in [0, 0.1) is 0 Å². The van der Waals surface area contributed by atoms with Gasteiger partial charge in [-0.05, 0) is 41.5 Å². The molecule has 0 aliphatic heterocycles. The molecule has 0 saturated heterocycles. The first-order chi connectivity index (χ1) is 8.11. The van der Waals surface area contributed by atoms with Crippen LogP contribution < -0.4 is 4.74 Å². The van der Waals surface area contributed by atoms with E-state index in [1.807, 2.05) is 36.4 Å². The third kappa shape index (κ3) is 2.40. The summed E-state index contributed by atoms with van der Waals surface area (Å²) in [4.78, 5) is 0. The first-order valence-corrected chi connectivity index (χ1v) is 5.55. The Hall–Kier alpha value is -1.58. The Labute approximate surface area is 100 Å². The van der Waals surface area contributed by atoms with Crippen LogP contribution in [0.5, 0.6) is 5.75 Å². The largest absolute Gasteiger partial charge is 0.497 e. The van der Waals surface area contributed by atoms with Crippen LogP contribution in [0.1, 0.15) is 18.6 Å². The number of ether oxygens (including phenoxy) is 1. The molecule has 2 atom stereocenters. The van der Waals surface area contributed by atoms with E-state index in [2.05, 4.69) is 0 Å². The van der Waals surface area contributed by atoms with E-state index in [0.717, 1.165) is 22.1 Å². The molecule has 3 nitrogen and oxygen atoms in total. The van der Waals surface area contributed by atoms with E-state index in [4.69, 9.17) is 4.74 Å². The summed E-state index contributed by atoms with van der Waals surface area (Å²) in [5.41, 5.74) is 0.720. The highest BCUT2D eigenvalue weighted by Crippen LogP contribution is 2.25. The third-order valence-corrected chi connectivity index (χ3v) is 2.87. The van der Waals surface area contributed by atoms with Crippen molar-refractivity contribution in [2.45, 2.75) is 19.1 Å². The van der Waals surface area contributed by atoms with E-state index in [1.54, 1.807) is 14.0 Å². The fraction of sp³-hybridized carbons (Fsp3) is 0.286. The second kappa shape index (κ2) is 4.73. The van der Waals surface area contributed by atoms with Gasteiger partial charge >= 0.3 is 0 Å². The van der Waals surface area contributed by atoms with Crippen molar-refractivity contribution in [2.75, 3.05) is 7.11 Å². The first-order valence-electron chi connectivity index (χ1n) is 5.55. The lowest BCUT2D eigenvalue weighted by Crippen LogP contribution is -2.13. The molecular weight excluding hydrogens is 216 g/mol. The molecule has 2 unspecified atom stereocenters. The standard InChI is InChI=1S/C14H16O3/c1-9(15)14(16)12-4-3-11-8-13(17-2)6-5-10(11)7-12/h3-9,14-16H,1-2H3. The van der Waals surface area contributed by atoms with Crippen LogP contribution in [0.15, 0.2) is 36.4 Å². The monoisotopic (exact) mass is 232 g/mol. The maximum Gasteiger partial charge on any atom is 0.119 e. The molecule has 0 fully saturated rings. The van der Waals surface area contributed by atoms with Gasteiger partial charge in [0.1, 0.15) is 11.9 Å². The minimum Gasteiger partial charge on any atom is -0.497 e. The SMILES string of the molecule is COc1ccc2cc(C(O)C(C)O)ccc2c1. The molecule has 0 aliphatic rings. The summed E-state index contributed by atoms with van der Waals surface area (Å²) < 4.78 is 5.15. The van der Waals surface area contributed by atoms with Crippen LogP contribution in [0.2, 0.25) is 0 Å². The Kier molecular flexibility index (Phi) is 3.31. The van der Waals surface area contributed by atoms with Crippen molar-refractivity contribution in [3.8, 4) is 5.75 Å². The van der Waals surface area contributed by atoms with Crippen LogP contribution in [0.25, 0.3) is 10.8 Å². The molecule has 90 valence electrons. The van der Waals surface area contributed by atoms with E-state index in [0.29, 0.717) is 0 Å². The normalized spacial score (nSPS) is 14.6. The lowest BCUT2D eigenvalue weighted by Gasteiger charge is -2.14. The van der Waals surface area contributed by atoms with Gasteiger partial charge in [-0.1, -0.05) is 18.2 Å². The number of hydrogen-bond donors (Lipinski definition) is 2. The smallest absolute Gasteiger partial charge is 0.119 e. The van der Waals surface area contributed by atoms with E-state index in [-0.39, 0.29) is 0 Å². The van der Waals surface area contributed by atoms with Crippen molar-refractivity contribution in [3.63, 3.8) is 0 Å². The highest BCUT2D eigenvalue weighted by molar-refractivity contribution is 5.84. The molecule has 2 aromatic carbocycles. The van der Waals surface area contributed by atoms with E-state index in [9.17, 15) is 10.2 Å². The molecule has 2 N–H and O–H groups in total. The third-order valence-electron chi connectivity index (χ3n) is 2.87. The average Bonchev–Trinajstić information content (AvgIpc) is 2.36. The number of benzene rings is 2. The minimum absolute atomic E-state index is 0.720. The summed E-state index contributed by atoms with van der Waals surface area (Å²) in [5.74, 6) is 0.807. The van der Waals surface area contributed by atoms with Gasteiger partial charge in [-0.2, -0.15) is 0 Å². The summed E-state index contributed by atoms with van der Waals surface area (Å²) in [5, 5.41) is 21.2. The van der Waals surface area contributed by atoms with Crippen LogP contribution in [0.3, 0.4) is 0 Å². The summed E-state index contributed by atoms with van der Waals surface area (Å²) >= 11 is 0. The van der Waals surface area contributed by atoms with Crippen LogP contribution >= 0.6 is 0 Å². The zero-order valence-corrected chi connectivity index (χ0v) is 9.92. The summed E-state index contributed by atoms with van der Waals surface area (Å²) in [6.07, 6.45) is -1.62. The predicted octanol–water partition coefficient (Wildman–Crippen LogP) is 2.26. The van der Waals surface area contributed by atoms with E-state index < -0.39 is 12.2 Å². The summed E-state index contributed by atoms with van der Waals surface area (Å²) in [6, 6.07) is 11.4. The second-order valence-corrected chi connectivity index (χ2v) is 4.16. The molecule has 0 spiro atoms. The molecule has 0 heterocycles. The summed E-state index contributed by atoms with van der Waals surface area (Å²) in [6.45, 7) is 1.57. The van der Waals surface area contributed by atoms with E-state index >= 15 is 0 Å². The quantitative estimate of drug-likeness (QED) is 0.853. The molecule has 0 bridgehead atoms. The Morgan fingerprint density at radius 2 is 1.65 bits per heavy atom. The maximum atomic E-state index is 9.78. The molecule has 0 saturated carbocycles. The van der Waals surface area contributed by atoms with Gasteiger partial charge in [0.2, 0.25) is 0 Å². The number of fused-ring (bicyclic) bond motifs is 1. The van der Waals surface area contributed by atoms with Gasteiger partial charge in [0.25, 0.3) is 0 Å². The fourth-order valence-corrected chi connectivity index (χ4v) is 1.83. The Morgan fingerprint density at radius 1 is 1.00 bits per heavy atom. The molecule has 17 heavy (non-hydrogen) atoms. The lowest BCUT2D eigenvalue weighted by molar-refractivity contribution is 0.0306. The van der Waals surface area contributed by atoms with Gasteiger partial charge in [0.05, 0.1) is 13.2 Å². The number of methoxy groups -OCH3 is 1. The van der Waals surface area contributed by atoms with Crippen molar-refractivity contribution < 1.29 is 14.9 Å². The highest BCUT2D eigenvalue weighted by Gasteiger charge is 2.13. The second-order valence-electron chi connectivity index (χ2n) is 4.16. The van der Waals surface area contributed by atoms with Crippen molar-refractivity contribution in [2.24, 2.45) is 0 Å². The average molecular weight is 232 g/mol. The van der Waals surface area contributed by atoms with Gasteiger partial charge in [-0.15, -0.1) is 0 Å². The zero-order chi connectivity index (χ0) is 12.4. The van der Waals surface area contributed by atoms with Crippen molar-refractivity contribution in [1.29, 1.82) is 0 Å². The maximum absolute atomic E-state index is 9.78. The van der Waals surface area contributed by atoms with E-state index in [1.165, 1.54) is 0 Å². The molecule has 0 radical (unpaired) electrons. The molecule has 0 aliphatic carbocycles. The Balaban J connectivity index is 2.44. The fourth-order valence-electron chi connectivity index (χ4n) is 1.83. The Bertz CT molecular complexity index is 520. The van der Waals surface area contributed by atoms with Gasteiger partial charge in [-0.3, -0.25) is 0 Å². The van der Waals surface area contributed by atoms with Gasteiger partial charge < -0.3 is 14.9 Å². The number of aliphatic hydroxyl groups excluding tert-OH is 2. The van der Waals surface area contributed by atoms with Gasteiger partial charge in [-0.25, -0.2) is 0 Å². The zero-order valence-electron chi connectivity index (χ0n) is 9.92. The van der Waals surface area contributed by atoms with Crippen molar-refractivity contribution in [1.82, 2.24) is 0 Å². The predicted molar refractivity (Wildman–Crippen MR) is 67.1 cm³/mol.